The quantitative estimate of drug-likeness (QED) is 0.145. The van der Waals surface area contributed by atoms with Gasteiger partial charge in [0.25, 0.3) is 0 Å². The van der Waals surface area contributed by atoms with E-state index in [2.05, 4.69) is 35.9 Å². The van der Waals surface area contributed by atoms with Crippen LogP contribution in [0.3, 0.4) is 0 Å². The lowest BCUT2D eigenvalue weighted by Crippen LogP contribution is -2.34. The van der Waals surface area contributed by atoms with E-state index in [9.17, 15) is 9.59 Å². The number of Topliss-reactive ketones (excluding diaryl/α,β-unsaturated/α-hetero) is 2. The lowest BCUT2D eigenvalue weighted by Gasteiger charge is -2.35. The highest BCUT2D eigenvalue weighted by Gasteiger charge is 2.35. The molecule has 0 spiro atoms. The molecule has 0 saturated heterocycles. The van der Waals surface area contributed by atoms with E-state index in [1.54, 1.807) is 21.1 Å². The van der Waals surface area contributed by atoms with E-state index >= 15 is 0 Å². The summed E-state index contributed by atoms with van der Waals surface area (Å²) in [4.78, 5) is 25.7. The molecule has 1 atom stereocenters. The van der Waals surface area contributed by atoms with Crippen LogP contribution in [-0.4, -0.2) is 82.2 Å². The van der Waals surface area contributed by atoms with Crippen LogP contribution in [0.2, 0.25) is 10.0 Å². The summed E-state index contributed by atoms with van der Waals surface area (Å²) in [6.45, 7) is 4.01. The summed E-state index contributed by atoms with van der Waals surface area (Å²) in [6, 6.07) is 19.3. The Balaban J connectivity index is 0.000000210. The zero-order chi connectivity index (χ0) is 39.8. The monoisotopic (exact) mass is 835 g/mol. The third kappa shape index (κ3) is 11.2. The summed E-state index contributed by atoms with van der Waals surface area (Å²) >= 11 is 11.6. The van der Waals surface area contributed by atoms with E-state index in [1.165, 1.54) is 11.1 Å². The number of likely N-dealkylation sites (N-methyl/N-ethyl adjacent to an activating group) is 2. The molecule has 4 aromatic rings. The van der Waals surface area contributed by atoms with Crippen molar-refractivity contribution < 1.29 is 42.6 Å². The highest BCUT2D eigenvalue weighted by Crippen LogP contribution is 2.50. The van der Waals surface area contributed by atoms with Gasteiger partial charge in [0, 0.05) is 53.9 Å². The molecule has 10 nitrogen and oxygen atoms in total. The van der Waals surface area contributed by atoms with Crippen LogP contribution in [0.1, 0.15) is 80.5 Å². The number of aryl methyl sites for hydroxylation is 2. The van der Waals surface area contributed by atoms with Gasteiger partial charge in [-0.2, -0.15) is 0 Å². The maximum absolute atomic E-state index is 12.8. The van der Waals surface area contributed by atoms with Crippen molar-refractivity contribution in [2.75, 3.05) is 55.0 Å². The summed E-state index contributed by atoms with van der Waals surface area (Å²) in [5, 5.41) is 1.45. The van der Waals surface area contributed by atoms with Crippen LogP contribution in [0.4, 0.5) is 0 Å². The molecule has 0 radical (unpaired) electrons. The fourth-order valence-electron chi connectivity index (χ4n) is 7.22. The third-order valence-electron chi connectivity index (χ3n) is 10.3. The van der Waals surface area contributed by atoms with Gasteiger partial charge in [0.05, 0.1) is 19.8 Å². The van der Waals surface area contributed by atoms with Crippen molar-refractivity contribution >= 4 is 41.0 Å². The lowest BCUT2D eigenvalue weighted by molar-refractivity contribution is -0.493. The van der Waals surface area contributed by atoms with Crippen LogP contribution >= 0.6 is 23.2 Å². The highest BCUT2D eigenvalue weighted by molar-refractivity contribution is 6.30. The fourth-order valence-corrected chi connectivity index (χ4v) is 7.47. The van der Waals surface area contributed by atoms with Crippen molar-refractivity contribution in [2.24, 2.45) is 0 Å². The number of hydrogen-bond donors (Lipinski definition) is 0. The largest absolute Gasteiger partial charge is 0.492 e. The maximum atomic E-state index is 12.8. The Morgan fingerprint density at radius 3 is 1.86 bits per heavy atom. The first-order chi connectivity index (χ1) is 27.0. The lowest BCUT2D eigenvalue weighted by atomic mass is 9.87. The number of nitrogens with zero attached hydrogens (tertiary/aromatic N) is 2. The van der Waals surface area contributed by atoms with Gasteiger partial charge < -0.3 is 33.2 Å². The minimum atomic E-state index is -0.0223. The Kier molecular flexibility index (Phi) is 16.9. The Bertz CT molecular complexity index is 2070. The smallest absolute Gasteiger partial charge is 0.231 e. The molecule has 0 bridgehead atoms. The highest BCUT2D eigenvalue weighted by atomic mass is 35.5. The average molecular weight is 837 g/mol. The Labute approximate surface area is 353 Å². The number of ketones is 2. The van der Waals surface area contributed by atoms with Crippen molar-refractivity contribution in [3.05, 3.63) is 104 Å². The number of halogens is 2. The molecule has 0 amide bonds. The molecule has 4 aliphatic rings. The SMILES string of the molecule is C.C.CC(=O)CCc1ccc(Cl)cc1.COc1c2c(cc3c1C(CC(=O)CCc1ccc(Cl)cc1)N(C)CC3)OCO2.COc1c2c(cc3c1OCO3)CC[N+](C)=C2. The summed E-state index contributed by atoms with van der Waals surface area (Å²) in [7, 11) is 7.43. The Hall–Kier alpha value is -4.77. The maximum Gasteiger partial charge on any atom is 0.231 e. The Morgan fingerprint density at radius 2 is 1.31 bits per heavy atom. The van der Waals surface area contributed by atoms with Gasteiger partial charge in [0.2, 0.25) is 25.1 Å². The van der Waals surface area contributed by atoms with Gasteiger partial charge in [-0.3, -0.25) is 9.69 Å². The zero-order valence-corrected chi connectivity index (χ0v) is 34.1. The molecule has 8 rings (SSSR count). The van der Waals surface area contributed by atoms with Gasteiger partial charge in [-0.15, -0.1) is 0 Å². The van der Waals surface area contributed by atoms with E-state index in [0.29, 0.717) is 35.8 Å². The molecule has 312 valence electrons. The zero-order valence-electron chi connectivity index (χ0n) is 32.6. The predicted molar refractivity (Wildman–Crippen MR) is 231 cm³/mol. The van der Waals surface area contributed by atoms with E-state index in [4.69, 9.17) is 51.6 Å². The van der Waals surface area contributed by atoms with Gasteiger partial charge in [-0.1, -0.05) is 62.3 Å². The minimum absolute atomic E-state index is 0. The third-order valence-corrected chi connectivity index (χ3v) is 10.8. The standard InChI is InChI=1S/C22H24ClNO4.C12H14NO3.C10H11ClO.2CH4/c1-24-10-9-15-11-19-21(28-13-27-19)22(26-2)20(15)18(24)12-17(25)8-5-14-3-6-16(23)7-4-14;1-13-4-3-8-5-10-12(16-7-15-10)11(14-2)9(8)6-13;1-8(12)2-3-9-4-6-10(11)7-5-9;;/h3-4,6-7,11,18H,5,8-10,12-13H2,1-2H3;5-6H,3-4,7H2,1-2H3;4-7H,2-3H2,1H3;2*1H4/q;+1;;;. The van der Waals surface area contributed by atoms with Crippen LogP contribution in [0.5, 0.6) is 34.5 Å². The summed E-state index contributed by atoms with van der Waals surface area (Å²) in [5.41, 5.74) is 6.89. The van der Waals surface area contributed by atoms with Gasteiger partial charge >= 0.3 is 0 Å². The van der Waals surface area contributed by atoms with Gasteiger partial charge in [0.15, 0.2) is 29.2 Å². The van der Waals surface area contributed by atoms with Crippen molar-refractivity contribution in [3.8, 4) is 34.5 Å². The van der Waals surface area contributed by atoms with Crippen molar-refractivity contribution in [1.82, 2.24) is 4.90 Å². The van der Waals surface area contributed by atoms with Crippen LogP contribution in [-0.2, 0) is 35.3 Å². The van der Waals surface area contributed by atoms with Gasteiger partial charge in [-0.05, 0) is 91.9 Å². The molecule has 0 aliphatic carbocycles. The second-order valence-electron chi connectivity index (χ2n) is 14.2. The number of fused-ring (bicyclic) bond motifs is 4. The predicted octanol–water partition coefficient (Wildman–Crippen LogP) is 9.37. The molecule has 0 fully saturated rings. The summed E-state index contributed by atoms with van der Waals surface area (Å²) < 4.78 is 35.3. The number of benzene rings is 4. The second-order valence-corrected chi connectivity index (χ2v) is 15.1. The van der Waals surface area contributed by atoms with Crippen molar-refractivity contribution in [2.45, 2.75) is 72.8 Å². The molecule has 0 N–H and O–H groups in total. The first-order valence-corrected chi connectivity index (χ1v) is 19.5. The molecule has 58 heavy (non-hydrogen) atoms. The molecular formula is C46H57Cl2N2O8+. The average Bonchev–Trinajstić information content (AvgIpc) is 3.87. The fraction of sp³-hybridized carbons (Fsp3) is 0.413. The van der Waals surface area contributed by atoms with E-state index < -0.39 is 0 Å². The molecule has 4 aromatic carbocycles. The van der Waals surface area contributed by atoms with Crippen LogP contribution in [0.15, 0.2) is 60.7 Å². The molecule has 12 heteroatoms. The van der Waals surface area contributed by atoms with Gasteiger partial charge in [0.1, 0.15) is 25.2 Å². The first-order valence-electron chi connectivity index (χ1n) is 18.8. The van der Waals surface area contributed by atoms with Crippen LogP contribution in [0, 0.1) is 0 Å². The summed E-state index contributed by atoms with van der Waals surface area (Å²) in [6.07, 6.45) is 7.11. The Morgan fingerprint density at radius 1 is 0.776 bits per heavy atom. The van der Waals surface area contributed by atoms with E-state index in [1.807, 2.05) is 54.6 Å². The number of hydrogen-bond acceptors (Lipinski definition) is 9. The number of rotatable bonds is 10. The van der Waals surface area contributed by atoms with Gasteiger partial charge in [-0.25, -0.2) is 4.58 Å². The first kappa shape index (κ1) is 45.9. The molecule has 1 unspecified atom stereocenters. The van der Waals surface area contributed by atoms with Crippen molar-refractivity contribution in [1.29, 1.82) is 0 Å². The molecule has 4 heterocycles. The minimum Gasteiger partial charge on any atom is -0.492 e. The normalized spacial score (nSPS) is 15.4. The molecule has 0 saturated carbocycles. The van der Waals surface area contributed by atoms with Crippen molar-refractivity contribution in [3.63, 3.8) is 0 Å². The van der Waals surface area contributed by atoms with E-state index in [-0.39, 0.29) is 46.0 Å². The number of carbonyl (C=O) groups excluding carboxylic acids is 2. The molecule has 0 aromatic heterocycles. The number of ether oxygens (including phenoxy) is 6. The van der Waals surface area contributed by atoms with Crippen LogP contribution < -0.4 is 28.4 Å². The van der Waals surface area contributed by atoms with Crippen LogP contribution in [0.25, 0.3) is 0 Å². The topological polar surface area (TPSA) is 95.8 Å². The number of methoxy groups -OCH3 is 2. The molecule has 4 aliphatic heterocycles. The molecular weight excluding hydrogens is 779 g/mol. The second kappa shape index (κ2) is 21.3. The summed E-state index contributed by atoms with van der Waals surface area (Å²) in [5.74, 6) is 4.86. The number of carbonyl (C=O) groups is 2. The van der Waals surface area contributed by atoms with E-state index in [0.717, 1.165) is 89.0 Å².